The van der Waals surface area contributed by atoms with E-state index in [4.69, 9.17) is 0 Å². The number of carbonyl (C=O) groups excluding carboxylic acids is 3. The van der Waals surface area contributed by atoms with Gasteiger partial charge in [-0.1, -0.05) is 55.3 Å². The second-order valence-electron chi connectivity index (χ2n) is 10.3. The van der Waals surface area contributed by atoms with Crippen LogP contribution >= 0.6 is 0 Å². The molecule has 2 aliphatic rings. The predicted molar refractivity (Wildman–Crippen MR) is 148 cm³/mol. The molecule has 1 saturated carbocycles. The average Bonchev–Trinajstić information content (AvgIpc) is 3.18. The molecule has 0 radical (unpaired) electrons. The maximum atomic E-state index is 14.6. The smallest absolute Gasteiger partial charge is 0.253 e. The van der Waals surface area contributed by atoms with E-state index in [0.29, 0.717) is 24.2 Å². The van der Waals surface area contributed by atoms with Gasteiger partial charge >= 0.3 is 0 Å². The summed E-state index contributed by atoms with van der Waals surface area (Å²) in [5.41, 5.74) is 2.20. The van der Waals surface area contributed by atoms with Gasteiger partial charge in [0.25, 0.3) is 5.95 Å². The number of likely N-dealkylation sites (tertiary alicyclic amines) is 1. The van der Waals surface area contributed by atoms with Crippen molar-refractivity contribution in [2.75, 3.05) is 5.32 Å². The van der Waals surface area contributed by atoms with Crippen molar-refractivity contribution in [3.63, 3.8) is 0 Å². The van der Waals surface area contributed by atoms with Crippen LogP contribution in [0.2, 0.25) is 0 Å². The Morgan fingerprint density at radius 1 is 0.975 bits per heavy atom. The Balaban J connectivity index is 1.50. The number of hydrogen-bond donors (Lipinski definition) is 2. The van der Waals surface area contributed by atoms with E-state index in [0.717, 1.165) is 23.3 Å². The first-order valence-corrected chi connectivity index (χ1v) is 13.4. The first-order chi connectivity index (χ1) is 19.3. The van der Waals surface area contributed by atoms with Crippen molar-refractivity contribution in [3.05, 3.63) is 83.4 Å². The van der Waals surface area contributed by atoms with Crippen LogP contribution in [0.15, 0.2) is 65.7 Å². The van der Waals surface area contributed by atoms with E-state index in [2.05, 4.69) is 25.6 Å². The van der Waals surface area contributed by atoms with Crippen molar-refractivity contribution in [2.45, 2.75) is 52.0 Å². The Kier molecular flexibility index (Phi) is 7.95. The zero-order chi connectivity index (χ0) is 28.2. The number of anilines is 1. The van der Waals surface area contributed by atoms with Gasteiger partial charge in [-0.2, -0.15) is 4.99 Å². The fourth-order valence-electron chi connectivity index (χ4n) is 5.47. The number of hydrogen-bond acceptors (Lipinski definition) is 6. The molecule has 1 aliphatic carbocycles. The maximum absolute atomic E-state index is 14.6. The molecule has 5 rings (SSSR count). The topological polar surface area (TPSA) is 117 Å². The van der Waals surface area contributed by atoms with Gasteiger partial charge in [-0.15, -0.1) is 0 Å². The molecular weight excluding hydrogens is 511 g/mol. The van der Waals surface area contributed by atoms with Crippen LogP contribution in [-0.4, -0.2) is 44.6 Å². The minimum Gasteiger partial charge on any atom is -0.323 e. The van der Waals surface area contributed by atoms with E-state index >= 15 is 0 Å². The lowest BCUT2D eigenvalue weighted by Gasteiger charge is -2.26. The number of halogens is 1. The molecule has 9 nitrogen and oxygen atoms in total. The summed E-state index contributed by atoms with van der Waals surface area (Å²) in [6.45, 7) is 3.58. The lowest BCUT2D eigenvalue weighted by molar-refractivity contribution is -0.147. The highest BCUT2D eigenvalue weighted by atomic mass is 19.1. The van der Waals surface area contributed by atoms with Crippen molar-refractivity contribution >= 4 is 35.3 Å². The molecule has 2 heterocycles. The zero-order valence-electron chi connectivity index (χ0n) is 22.4. The third-order valence-electron chi connectivity index (χ3n) is 7.31. The summed E-state index contributed by atoms with van der Waals surface area (Å²) in [5.74, 6) is -2.68. The van der Waals surface area contributed by atoms with Gasteiger partial charge in [-0.3, -0.25) is 24.6 Å². The van der Waals surface area contributed by atoms with Gasteiger partial charge < -0.3 is 5.32 Å². The Morgan fingerprint density at radius 3 is 2.20 bits per heavy atom. The molecule has 2 N–H and O–H groups in total. The van der Waals surface area contributed by atoms with Crippen LogP contribution in [0, 0.1) is 31.5 Å². The van der Waals surface area contributed by atoms with Crippen molar-refractivity contribution in [1.82, 2.24) is 20.2 Å². The first kappa shape index (κ1) is 27.1. The first-order valence-electron chi connectivity index (χ1n) is 13.4. The predicted octanol–water partition coefficient (Wildman–Crippen LogP) is 4.23. The molecule has 10 heteroatoms. The van der Waals surface area contributed by atoms with Gasteiger partial charge in [0, 0.05) is 17.8 Å². The van der Waals surface area contributed by atoms with E-state index in [1.54, 1.807) is 32.0 Å². The molecule has 2 fully saturated rings. The fraction of sp³-hybridized carbons (Fsp3) is 0.333. The van der Waals surface area contributed by atoms with Crippen molar-refractivity contribution < 1.29 is 18.8 Å². The number of nitrogens with one attached hydrogen (secondary N) is 2. The number of aryl methyl sites for hydroxylation is 2. The van der Waals surface area contributed by atoms with E-state index in [-0.39, 0.29) is 35.8 Å². The number of aliphatic imine (C=N–C) groups is 1. The van der Waals surface area contributed by atoms with Gasteiger partial charge in [0.15, 0.2) is 0 Å². The monoisotopic (exact) mass is 542 g/mol. The lowest BCUT2D eigenvalue weighted by atomic mass is 9.81. The van der Waals surface area contributed by atoms with Gasteiger partial charge in [-0.05, 0) is 50.5 Å². The van der Waals surface area contributed by atoms with Crippen molar-refractivity contribution in [3.8, 4) is 0 Å². The molecule has 40 heavy (non-hydrogen) atoms. The molecule has 3 amide bonds. The number of fused-ring (bicyclic) bond motifs is 1. The highest BCUT2D eigenvalue weighted by Crippen LogP contribution is 2.39. The lowest BCUT2D eigenvalue weighted by Crippen LogP contribution is -2.53. The van der Waals surface area contributed by atoms with E-state index in [1.807, 2.05) is 30.3 Å². The molecule has 3 atom stereocenters. The quantitative estimate of drug-likeness (QED) is 0.274. The summed E-state index contributed by atoms with van der Waals surface area (Å²) in [6.07, 6.45) is 3.15. The molecule has 0 bridgehead atoms. The molecule has 1 aliphatic heterocycles. The standard InChI is InChI=1S/C30H31FN6O3/c1-18-16-19(2)33-29(32-18)36-30(34-24-15-9-8-14-23(24)31)35-26(38)25(17-20-10-4-3-5-11-20)37-27(39)21-12-6-7-13-22(21)28(37)40/h3-5,8-11,14-16,21-22,25H,6-7,12-13,17H2,1-2H3,(H2,32,33,34,35,36,38)/t21-,22+,25-/m0/s1. The van der Waals surface area contributed by atoms with E-state index in [1.165, 1.54) is 12.1 Å². The largest absolute Gasteiger partial charge is 0.323 e. The Bertz CT molecular complexity index is 1420. The Hall–Kier alpha value is -4.47. The second-order valence-corrected chi connectivity index (χ2v) is 10.3. The summed E-state index contributed by atoms with van der Waals surface area (Å²) < 4.78 is 14.6. The van der Waals surface area contributed by atoms with Gasteiger partial charge in [0.1, 0.15) is 11.9 Å². The summed E-state index contributed by atoms with van der Waals surface area (Å²) in [6, 6.07) is 15.8. The SMILES string of the molecule is Cc1cc(C)nc(N=C(NC(=O)[C@H](Cc2ccccc2)N2C(=O)[C@H]3CCCC[C@H]3C2=O)Nc2ccccc2F)n1. The third kappa shape index (κ3) is 5.90. The number of amides is 3. The van der Waals surface area contributed by atoms with Crippen LogP contribution in [0.4, 0.5) is 16.0 Å². The van der Waals surface area contributed by atoms with E-state index < -0.39 is 29.6 Å². The van der Waals surface area contributed by atoms with Gasteiger partial charge in [0.05, 0.1) is 17.5 Å². The van der Waals surface area contributed by atoms with Crippen LogP contribution in [0.1, 0.15) is 42.6 Å². The van der Waals surface area contributed by atoms with Gasteiger partial charge in [-0.25, -0.2) is 14.4 Å². The molecule has 3 aromatic rings. The van der Waals surface area contributed by atoms with Crippen LogP contribution < -0.4 is 10.6 Å². The van der Waals surface area contributed by atoms with Crippen LogP contribution in [-0.2, 0) is 20.8 Å². The number of nitrogens with zero attached hydrogens (tertiary/aromatic N) is 4. The van der Waals surface area contributed by atoms with Crippen LogP contribution in [0.3, 0.4) is 0 Å². The van der Waals surface area contributed by atoms with Gasteiger partial charge in [0.2, 0.25) is 23.7 Å². The van der Waals surface area contributed by atoms with Crippen molar-refractivity contribution in [1.29, 1.82) is 0 Å². The van der Waals surface area contributed by atoms with Crippen molar-refractivity contribution in [2.24, 2.45) is 16.8 Å². The summed E-state index contributed by atoms with van der Waals surface area (Å²) in [5, 5.41) is 5.53. The minimum absolute atomic E-state index is 0.0654. The number of carbonyl (C=O) groups is 3. The minimum atomic E-state index is -1.12. The Morgan fingerprint density at radius 2 is 1.57 bits per heavy atom. The average molecular weight is 543 g/mol. The zero-order valence-corrected chi connectivity index (χ0v) is 22.4. The second kappa shape index (κ2) is 11.7. The summed E-state index contributed by atoms with van der Waals surface area (Å²) in [4.78, 5) is 55.0. The normalized spacial score (nSPS) is 19.8. The highest BCUT2D eigenvalue weighted by Gasteiger charge is 2.51. The number of guanidine groups is 1. The molecular formula is C30H31FN6O3. The number of rotatable bonds is 6. The maximum Gasteiger partial charge on any atom is 0.253 e. The molecule has 206 valence electrons. The fourth-order valence-corrected chi connectivity index (χ4v) is 5.47. The van der Waals surface area contributed by atoms with Crippen LogP contribution in [0.25, 0.3) is 0 Å². The Labute approximate surface area is 231 Å². The molecule has 0 unspecified atom stereocenters. The molecule has 1 saturated heterocycles. The summed E-state index contributed by atoms with van der Waals surface area (Å²) in [7, 11) is 0. The number of aromatic nitrogens is 2. The van der Waals surface area contributed by atoms with Crippen LogP contribution in [0.5, 0.6) is 0 Å². The molecule has 0 spiro atoms. The number of benzene rings is 2. The molecule has 1 aromatic heterocycles. The number of para-hydroxylation sites is 1. The number of imide groups is 1. The molecule has 2 aromatic carbocycles. The third-order valence-corrected chi connectivity index (χ3v) is 7.31. The highest BCUT2D eigenvalue weighted by molar-refractivity contribution is 6.12. The summed E-state index contributed by atoms with van der Waals surface area (Å²) >= 11 is 0. The van der Waals surface area contributed by atoms with E-state index in [9.17, 15) is 18.8 Å².